The first-order valence-electron chi connectivity index (χ1n) is 10.7. The minimum absolute atomic E-state index is 0.178. The highest BCUT2D eigenvalue weighted by molar-refractivity contribution is 7.99. The standard InChI is InChI=1S/C26H26N2O3S/c1-3-31-26(30)20-8-11-22(12-9-20)27-25(29)21-10-13-24-23(16-21)28(14-15-32-24)17-19-6-4-18(2)5-7-19/h4-13,16H,3,14-15,17H2,1-2H3,(H,27,29). The Morgan fingerprint density at radius 2 is 1.72 bits per heavy atom. The number of aryl methyl sites for hydroxylation is 1. The molecule has 1 amide bonds. The summed E-state index contributed by atoms with van der Waals surface area (Å²) < 4.78 is 5.00. The largest absolute Gasteiger partial charge is 0.462 e. The van der Waals surface area contributed by atoms with Crippen LogP contribution in [-0.4, -0.2) is 30.8 Å². The van der Waals surface area contributed by atoms with Crippen molar-refractivity contribution in [2.24, 2.45) is 0 Å². The highest BCUT2D eigenvalue weighted by atomic mass is 32.2. The van der Waals surface area contributed by atoms with Crippen LogP contribution < -0.4 is 10.2 Å². The number of rotatable bonds is 6. The van der Waals surface area contributed by atoms with Gasteiger partial charge in [0.05, 0.1) is 17.9 Å². The Kier molecular flexibility index (Phi) is 6.81. The van der Waals surface area contributed by atoms with E-state index in [2.05, 4.69) is 41.4 Å². The Balaban J connectivity index is 1.49. The smallest absolute Gasteiger partial charge is 0.338 e. The van der Waals surface area contributed by atoms with E-state index in [1.54, 1.807) is 31.2 Å². The van der Waals surface area contributed by atoms with Crippen molar-refractivity contribution in [1.82, 2.24) is 0 Å². The normalized spacial score (nSPS) is 12.8. The molecule has 1 aliphatic rings. The van der Waals surface area contributed by atoms with E-state index in [4.69, 9.17) is 4.74 Å². The maximum atomic E-state index is 12.9. The van der Waals surface area contributed by atoms with Crippen LogP contribution in [0.15, 0.2) is 71.6 Å². The van der Waals surface area contributed by atoms with E-state index in [1.807, 2.05) is 30.0 Å². The van der Waals surface area contributed by atoms with Gasteiger partial charge in [0.1, 0.15) is 0 Å². The molecule has 0 aromatic heterocycles. The fraction of sp³-hybridized carbons (Fsp3) is 0.231. The number of benzene rings is 3. The summed E-state index contributed by atoms with van der Waals surface area (Å²) >= 11 is 1.82. The van der Waals surface area contributed by atoms with E-state index < -0.39 is 0 Å². The monoisotopic (exact) mass is 446 g/mol. The van der Waals surface area contributed by atoms with Crippen molar-refractivity contribution in [3.05, 3.63) is 89.0 Å². The van der Waals surface area contributed by atoms with Gasteiger partial charge >= 0.3 is 5.97 Å². The lowest BCUT2D eigenvalue weighted by Gasteiger charge is -2.31. The lowest BCUT2D eigenvalue weighted by atomic mass is 10.1. The summed E-state index contributed by atoms with van der Waals surface area (Å²) in [4.78, 5) is 28.2. The van der Waals surface area contributed by atoms with Gasteiger partial charge in [-0.1, -0.05) is 29.8 Å². The molecule has 0 atom stereocenters. The summed E-state index contributed by atoms with van der Waals surface area (Å²) in [7, 11) is 0. The van der Waals surface area contributed by atoms with Crippen LogP contribution in [0.2, 0.25) is 0 Å². The number of carbonyl (C=O) groups is 2. The van der Waals surface area contributed by atoms with Gasteiger partial charge in [0.15, 0.2) is 0 Å². The van der Waals surface area contributed by atoms with Crippen molar-refractivity contribution in [3.8, 4) is 0 Å². The number of anilines is 2. The van der Waals surface area contributed by atoms with Crippen LogP contribution in [0.3, 0.4) is 0 Å². The van der Waals surface area contributed by atoms with Crippen molar-refractivity contribution in [2.45, 2.75) is 25.3 Å². The Bertz CT molecular complexity index is 1110. The molecule has 3 aromatic carbocycles. The van der Waals surface area contributed by atoms with Crippen molar-refractivity contribution < 1.29 is 14.3 Å². The number of nitrogens with zero attached hydrogens (tertiary/aromatic N) is 1. The van der Waals surface area contributed by atoms with Crippen LogP contribution in [0.4, 0.5) is 11.4 Å². The highest BCUT2D eigenvalue weighted by Gasteiger charge is 2.20. The number of esters is 1. The van der Waals surface area contributed by atoms with E-state index in [1.165, 1.54) is 16.0 Å². The van der Waals surface area contributed by atoms with Gasteiger partial charge < -0.3 is 15.0 Å². The number of thioether (sulfide) groups is 1. The molecule has 0 fully saturated rings. The summed E-state index contributed by atoms with van der Waals surface area (Å²) in [5, 5.41) is 2.92. The molecule has 0 aliphatic carbocycles. The predicted molar refractivity (Wildman–Crippen MR) is 130 cm³/mol. The molecule has 0 radical (unpaired) electrons. The third kappa shape index (κ3) is 5.14. The molecule has 0 spiro atoms. The first kappa shape index (κ1) is 22.0. The Hall–Kier alpha value is -3.25. The zero-order chi connectivity index (χ0) is 22.5. The minimum Gasteiger partial charge on any atom is -0.462 e. The summed E-state index contributed by atoms with van der Waals surface area (Å²) in [5.41, 5.74) is 5.29. The van der Waals surface area contributed by atoms with Crippen molar-refractivity contribution in [2.75, 3.05) is 29.1 Å². The lowest BCUT2D eigenvalue weighted by molar-refractivity contribution is 0.0526. The number of amides is 1. The van der Waals surface area contributed by atoms with Crippen LogP contribution in [-0.2, 0) is 11.3 Å². The number of hydrogen-bond acceptors (Lipinski definition) is 5. The van der Waals surface area contributed by atoms with Gasteiger partial charge in [-0.15, -0.1) is 11.8 Å². The maximum Gasteiger partial charge on any atom is 0.338 e. The van der Waals surface area contributed by atoms with Crippen LogP contribution >= 0.6 is 11.8 Å². The number of hydrogen-bond donors (Lipinski definition) is 1. The second-order valence-electron chi connectivity index (χ2n) is 7.69. The van der Waals surface area contributed by atoms with Crippen LogP contribution in [0, 0.1) is 6.92 Å². The molecule has 1 N–H and O–H groups in total. The number of fused-ring (bicyclic) bond motifs is 1. The van der Waals surface area contributed by atoms with Gasteiger partial charge in [0.2, 0.25) is 0 Å². The van der Waals surface area contributed by atoms with E-state index >= 15 is 0 Å². The first-order chi connectivity index (χ1) is 15.5. The van der Waals surface area contributed by atoms with Crippen LogP contribution in [0.1, 0.15) is 38.8 Å². The molecule has 32 heavy (non-hydrogen) atoms. The molecule has 1 aliphatic heterocycles. The molecular weight excluding hydrogens is 420 g/mol. The Morgan fingerprint density at radius 1 is 1.00 bits per heavy atom. The van der Waals surface area contributed by atoms with Gasteiger partial charge in [0, 0.05) is 35.0 Å². The molecule has 4 rings (SSSR count). The van der Waals surface area contributed by atoms with E-state index in [-0.39, 0.29) is 11.9 Å². The SMILES string of the molecule is CCOC(=O)c1ccc(NC(=O)c2ccc3c(c2)N(Cc2ccc(C)cc2)CCS3)cc1. The molecule has 0 saturated carbocycles. The van der Waals surface area contributed by atoms with Gasteiger partial charge in [-0.2, -0.15) is 0 Å². The Labute approximate surface area is 192 Å². The molecule has 3 aromatic rings. The minimum atomic E-state index is -0.369. The maximum absolute atomic E-state index is 12.9. The average molecular weight is 447 g/mol. The summed E-state index contributed by atoms with van der Waals surface area (Å²) in [6, 6.07) is 21.2. The zero-order valence-electron chi connectivity index (χ0n) is 18.3. The van der Waals surface area contributed by atoms with Crippen molar-refractivity contribution in [3.63, 3.8) is 0 Å². The van der Waals surface area contributed by atoms with Crippen molar-refractivity contribution in [1.29, 1.82) is 0 Å². The lowest BCUT2D eigenvalue weighted by Crippen LogP contribution is -2.29. The van der Waals surface area contributed by atoms with E-state index in [9.17, 15) is 9.59 Å². The summed E-state index contributed by atoms with van der Waals surface area (Å²) in [5.74, 6) is 0.478. The fourth-order valence-corrected chi connectivity index (χ4v) is 4.63. The average Bonchev–Trinajstić information content (AvgIpc) is 2.81. The van der Waals surface area contributed by atoms with Crippen LogP contribution in [0.25, 0.3) is 0 Å². The molecular formula is C26H26N2O3S. The summed E-state index contributed by atoms with van der Waals surface area (Å²) in [6.45, 7) is 5.94. The molecule has 0 unspecified atom stereocenters. The second kappa shape index (κ2) is 9.92. The molecule has 164 valence electrons. The third-order valence-corrected chi connectivity index (χ3v) is 6.37. The van der Waals surface area contributed by atoms with E-state index in [0.29, 0.717) is 23.4 Å². The Morgan fingerprint density at radius 3 is 2.44 bits per heavy atom. The summed E-state index contributed by atoms with van der Waals surface area (Å²) in [6.07, 6.45) is 0. The molecule has 0 saturated heterocycles. The number of ether oxygens (including phenoxy) is 1. The van der Waals surface area contributed by atoms with Crippen LogP contribution in [0.5, 0.6) is 0 Å². The fourth-order valence-electron chi connectivity index (χ4n) is 3.60. The third-order valence-electron chi connectivity index (χ3n) is 5.33. The van der Waals surface area contributed by atoms with Gasteiger partial charge in [-0.05, 0) is 61.9 Å². The second-order valence-corrected chi connectivity index (χ2v) is 8.83. The van der Waals surface area contributed by atoms with Gasteiger partial charge in [0.25, 0.3) is 5.91 Å². The van der Waals surface area contributed by atoms with Crippen molar-refractivity contribution >= 4 is 35.0 Å². The topological polar surface area (TPSA) is 58.6 Å². The molecule has 1 heterocycles. The zero-order valence-corrected chi connectivity index (χ0v) is 19.1. The first-order valence-corrected chi connectivity index (χ1v) is 11.7. The van der Waals surface area contributed by atoms with Gasteiger partial charge in [-0.3, -0.25) is 4.79 Å². The van der Waals surface area contributed by atoms with Gasteiger partial charge in [-0.25, -0.2) is 4.79 Å². The highest BCUT2D eigenvalue weighted by Crippen LogP contribution is 2.36. The molecule has 0 bridgehead atoms. The predicted octanol–water partition coefficient (Wildman–Crippen LogP) is 5.54. The van der Waals surface area contributed by atoms with E-state index in [0.717, 1.165) is 24.5 Å². The molecule has 6 heteroatoms. The quantitative estimate of drug-likeness (QED) is 0.504. The number of nitrogens with one attached hydrogen (secondary N) is 1. The molecule has 5 nitrogen and oxygen atoms in total. The number of carbonyl (C=O) groups excluding carboxylic acids is 2.